The van der Waals surface area contributed by atoms with Gasteiger partial charge in [-0.05, 0) is 25.7 Å². The number of ether oxygens (including phenoxy) is 2. The molecule has 30 heavy (non-hydrogen) atoms. The van der Waals surface area contributed by atoms with Gasteiger partial charge in [-0.1, -0.05) is 47.0 Å². The Morgan fingerprint density at radius 1 is 0.767 bits per heavy atom. The predicted molar refractivity (Wildman–Crippen MR) is 114 cm³/mol. The van der Waals surface area contributed by atoms with E-state index in [4.69, 9.17) is 20.1 Å². The van der Waals surface area contributed by atoms with Gasteiger partial charge in [0, 0.05) is 25.9 Å². The molecule has 0 fully saturated rings. The number of carbonyl (C=O) groups excluding carboxylic acids is 2. The number of esters is 1. The summed E-state index contributed by atoms with van der Waals surface area (Å²) in [5.74, 6) is -2.03. The lowest BCUT2D eigenvalue weighted by Crippen LogP contribution is -2.06. The number of carbonyl (C=O) groups is 4. The second kappa shape index (κ2) is 31.5. The molecule has 0 rings (SSSR count). The fourth-order valence-electron chi connectivity index (χ4n) is 1.71. The summed E-state index contributed by atoms with van der Waals surface area (Å²) in [5, 5.41) is 24.6. The summed E-state index contributed by atoms with van der Waals surface area (Å²) >= 11 is 0. The topological polar surface area (TPSA) is 147 Å². The molecule has 0 bridgehead atoms. The minimum Gasteiger partial charge on any atom is -0.481 e. The predicted octanol–water partition coefficient (Wildman–Crippen LogP) is 3.80. The first kappa shape index (κ1) is 35.3. The van der Waals surface area contributed by atoms with Crippen molar-refractivity contribution in [3.8, 4) is 0 Å². The first-order chi connectivity index (χ1) is 13.8. The third-order valence-corrected chi connectivity index (χ3v) is 3.27. The number of hydrogen-bond donors (Lipinski definition) is 3. The van der Waals surface area contributed by atoms with Crippen molar-refractivity contribution in [2.45, 2.75) is 91.9 Å². The first-order valence-corrected chi connectivity index (χ1v) is 10.1. The van der Waals surface area contributed by atoms with Gasteiger partial charge in [0.15, 0.2) is 0 Å². The molecule has 3 N–H and O–H groups in total. The minimum atomic E-state index is -0.871. The molecule has 0 radical (unpaired) electrons. The number of carboxylic acid groups (broad SMARTS) is 2. The molecule has 0 heterocycles. The van der Waals surface area contributed by atoms with Crippen LogP contribution in [0.3, 0.4) is 0 Å². The van der Waals surface area contributed by atoms with E-state index in [0.29, 0.717) is 32.5 Å². The Kier molecular flexibility index (Phi) is 37.1. The van der Waals surface area contributed by atoms with Crippen molar-refractivity contribution >= 4 is 24.4 Å². The molecular formula is C21H42O9. The smallest absolute Gasteiger partial charge is 0.305 e. The summed E-state index contributed by atoms with van der Waals surface area (Å²) in [5.41, 5.74) is 0. The summed E-state index contributed by atoms with van der Waals surface area (Å²) < 4.78 is 9.13. The molecule has 0 aromatic rings. The first-order valence-electron chi connectivity index (χ1n) is 10.1. The molecular weight excluding hydrogens is 396 g/mol. The van der Waals surface area contributed by atoms with Crippen molar-refractivity contribution in [1.29, 1.82) is 0 Å². The largest absolute Gasteiger partial charge is 0.481 e. The van der Waals surface area contributed by atoms with Crippen LogP contribution in [0.15, 0.2) is 0 Å². The van der Waals surface area contributed by atoms with Gasteiger partial charge in [-0.3, -0.25) is 19.2 Å². The van der Waals surface area contributed by atoms with Crippen LogP contribution in [0, 0.1) is 0 Å². The average Bonchev–Trinajstić information content (AvgIpc) is 2.67. The summed E-state index contributed by atoms with van der Waals surface area (Å²) in [7, 11) is 0. The van der Waals surface area contributed by atoms with Gasteiger partial charge in [0.1, 0.15) is 0 Å². The van der Waals surface area contributed by atoms with Gasteiger partial charge in [-0.2, -0.15) is 0 Å². The Bertz CT molecular complexity index is 394. The van der Waals surface area contributed by atoms with Gasteiger partial charge in [0.25, 0.3) is 6.47 Å². The normalized spacial score (nSPS) is 8.90. The molecule has 0 aromatic carbocycles. The van der Waals surface area contributed by atoms with Crippen LogP contribution in [0.2, 0.25) is 0 Å². The van der Waals surface area contributed by atoms with Crippen LogP contribution < -0.4 is 0 Å². The highest BCUT2D eigenvalue weighted by molar-refractivity contribution is 5.71. The molecule has 180 valence electrons. The van der Waals surface area contributed by atoms with Crippen molar-refractivity contribution in [2.24, 2.45) is 0 Å². The number of carboxylic acids is 2. The third-order valence-electron chi connectivity index (χ3n) is 3.27. The molecule has 0 aromatic heterocycles. The zero-order valence-electron chi connectivity index (χ0n) is 17.8. The quantitative estimate of drug-likeness (QED) is 0.186. The van der Waals surface area contributed by atoms with E-state index in [0.717, 1.165) is 32.1 Å². The maximum atomic E-state index is 11.0. The van der Waals surface area contributed by atoms with Crippen LogP contribution in [0.25, 0.3) is 0 Å². The Balaban J connectivity index is -0.000000182. The van der Waals surface area contributed by atoms with Crippen LogP contribution in [0.4, 0.5) is 0 Å². The summed E-state index contributed by atoms with van der Waals surface area (Å²) in [6.07, 6.45) is 7.40. The molecule has 0 amide bonds. The fraction of sp³-hybridized carbons (Fsp3) is 0.810. The highest BCUT2D eigenvalue weighted by atomic mass is 16.5. The SMILES string of the molecule is C.CCCCCO.CCCCCOC(=O)CCCC(=O)O.O=COCCCC(=O)O. The van der Waals surface area contributed by atoms with Crippen LogP contribution >= 0.6 is 0 Å². The van der Waals surface area contributed by atoms with Gasteiger partial charge >= 0.3 is 17.9 Å². The van der Waals surface area contributed by atoms with Gasteiger partial charge < -0.3 is 24.8 Å². The second-order valence-corrected chi connectivity index (χ2v) is 6.07. The lowest BCUT2D eigenvalue weighted by molar-refractivity contribution is -0.144. The van der Waals surface area contributed by atoms with Crippen molar-refractivity contribution in [3.05, 3.63) is 0 Å². The summed E-state index contributed by atoms with van der Waals surface area (Å²) in [4.78, 5) is 40.4. The highest BCUT2D eigenvalue weighted by Gasteiger charge is 2.04. The molecule has 0 aliphatic rings. The maximum absolute atomic E-state index is 11.0. The highest BCUT2D eigenvalue weighted by Crippen LogP contribution is 2.00. The molecule has 0 atom stereocenters. The number of unbranched alkanes of at least 4 members (excludes halogenated alkanes) is 4. The lowest BCUT2D eigenvalue weighted by Gasteiger charge is -2.02. The van der Waals surface area contributed by atoms with E-state index in [9.17, 15) is 19.2 Å². The van der Waals surface area contributed by atoms with Gasteiger partial charge in [-0.15, -0.1) is 0 Å². The van der Waals surface area contributed by atoms with Gasteiger partial charge in [-0.25, -0.2) is 0 Å². The van der Waals surface area contributed by atoms with Crippen molar-refractivity contribution in [2.75, 3.05) is 19.8 Å². The monoisotopic (exact) mass is 438 g/mol. The molecule has 0 saturated carbocycles. The van der Waals surface area contributed by atoms with Crippen LogP contribution in [-0.4, -0.2) is 59.5 Å². The molecule has 9 heteroatoms. The zero-order chi connectivity index (χ0) is 22.8. The van der Waals surface area contributed by atoms with E-state index in [2.05, 4.69) is 18.6 Å². The van der Waals surface area contributed by atoms with Crippen LogP contribution in [0.1, 0.15) is 91.9 Å². The van der Waals surface area contributed by atoms with Crippen molar-refractivity contribution in [1.82, 2.24) is 0 Å². The number of aliphatic hydroxyl groups excluding tert-OH is 1. The molecule has 0 aliphatic carbocycles. The standard InChI is InChI=1S/C10H18O4.C5H8O4.C5H12O.CH4/c1-2-3-4-8-14-10(13)7-5-6-9(11)12;6-4-9-3-1-2-5(7)8;1-2-3-4-5-6;/h2-8H2,1H3,(H,11,12);4H,1-3H2,(H,7,8);6H,2-5H2,1H3;1H4. The Morgan fingerprint density at radius 2 is 1.30 bits per heavy atom. The molecule has 9 nitrogen and oxygen atoms in total. The van der Waals surface area contributed by atoms with Crippen LogP contribution in [-0.2, 0) is 28.7 Å². The van der Waals surface area contributed by atoms with Crippen molar-refractivity contribution in [3.63, 3.8) is 0 Å². The average molecular weight is 439 g/mol. The lowest BCUT2D eigenvalue weighted by atomic mass is 10.2. The number of rotatable bonds is 16. The molecule has 0 spiro atoms. The molecule has 0 unspecified atom stereocenters. The van der Waals surface area contributed by atoms with Gasteiger partial charge in [0.2, 0.25) is 0 Å². The van der Waals surface area contributed by atoms with Crippen LogP contribution in [0.5, 0.6) is 0 Å². The summed E-state index contributed by atoms with van der Waals surface area (Å²) in [6.45, 7) is 5.51. The number of hydrogen-bond acceptors (Lipinski definition) is 7. The Morgan fingerprint density at radius 3 is 1.73 bits per heavy atom. The van der Waals surface area contributed by atoms with Crippen molar-refractivity contribution < 1.29 is 44.0 Å². The number of aliphatic carboxylic acids is 2. The third kappa shape index (κ3) is 44.9. The van der Waals surface area contributed by atoms with E-state index >= 15 is 0 Å². The van der Waals surface area contributed by atoms with E-state index < -0.39 is 11.9 Å². The van der Waals surface area contributed by atoms with E-state index in [1.54, 1.807) is 0 Å². The van der Waals surface area contributed by atoms with E-state index in [1.807, 2.05) is 0 Å². The van der Waals surface area contributed by atoms with E-state index in [-0.39, 0.29) is 39.3 Å². The van der Waals surface area contributed by atoms with Gasteiger partial charge in [0.05, 0.1) is 13.2 Å². The maximum Gasteiger partial charge on any atom is 0.305 e. The second-order valence-electron chi connectivity index (χ2n) is 6.07. The zero-order valence-corrected chi connectivity index (χ0v) is 17.8. The Labute approximate surface area is 180 Å². The summed E-state index contributed by atoms with van der Waals surface area (Å²) in [6, 6.07) is 0. The fourth-order valence-corrected chi connectivity index (χ4v) is 1.71. The molecule has 0 saturated heterocycles. The Hall–Kier alpha value is -2.16. The molecule has 0 aliphatic heterocycles. The van der Waals surface area contributed by atoms with E-state index in [1.165, 1.54) is 6.42 Å². The number of aliphatic hydroxyl groups is 1. The minimum absolute atomic E-state index is 0.